The fourth-order valence-corrected chi connectivity index (χ4v) is 1.85. The molecule has 2 aromatic heterocycles. The van der Waals surface area contributed by atoms with Crippen LogP contribution in [0.15, 0.2) is 33.6 Å². The van der Waals surface area contributed by atoms with Crippen LogP contribution in [0.3, 0.4) is 0 Å². The van der Waals surface area contributed by atoms with E-state index in [0.717, 1.165) is 5.56 Å². The highest BCUT2D eigenvalue weighted by molar-refractivity contribution is 7.99. The van der Waals surface area contributed by atoms with E-state index >= 15 is 0 Å². The van der Waals surface area contributed by atoms with Gasteiger partial charge < -0.3 is 10.7 Å². The molecule has 0 fully saturated rings. The van der Waals surface area contributed by atoms with E-state index in [2.05, 4.69) is 19.9 Å². The SMILES string of the molecule is Cc1c(N)ncnc1Sc1nccc(=O)[nH]1. The molecule has 2 rings (SSSR count). The molecule has 6 nitrogen and oxygen atoms in total. The zero-order valence-corrected chi connectivity index (χ0v) is 9.28. The minimum Gasteiger partial charge on any atom is -0.383 e. The molecular weight excluding hydrogens is 226 g/mol. The van der Waals surface area contributed by atoms with Crippen molar-refractivity contribution < 1.29 is 0 Å². The van der Waals surface area contributed by atoms with E-state index in [1.54, 1.807) is 0 Å². The molecule has 16 heavy (non-hydrogen) atoms. The number of aromatic amines is 1. The molecule has 0 atom stereocenters. The van der Waals surface area contributed by atoms with Crippen LogP contribution < -0.4 is 11.3 Å². The summed E-state index contributed by atoms with van der Waals surface area (Å²) in [6.07, 6.45) is 2.83. The van der Waals surface area contributed by atoms with Crippen LogP contribution in [0.1, 0.15) is 5.56 Å². The maximum atomic E-state index is 11.1. The normalized spacial score (nSPS) is 10.3. The average Bonchev–Trinajstić information content (AvgIpc) is 2.25. The Bertz CT molecular complexity index is 568. The maximum absolute atomic E-state index is 11.1. The Morgan fingerprint density at radius 1 is 1.38 bits per heavy atom. The average molecular weight is 235 g/mol. The molecule has 2 heterocycles. The van der Waals surface area contributed by atoms with Crippen LogP contribution in [0, 0.1) is 6.92 Å². The second-order valence-electron chi connectivity index (χ2n) is 3.03. The van der Waals surface area contributed by atoms with Crippen molar-refractivity contribution in [1.29, 1.82) is 0 Å². The number of nitrogens with one attached hydrogen (secondary N) is 1. The topological polar surface area (TPSA) is 97.5 Å². The summed E-state index contributed by atoms with van der Waals surface area (Å²) < 4.78 is 0. The summed E-state index contributed by atoms with van der Waals surface area (Å²) in [5.74, 6) is 0.427. The summed E-state index contributed by atoms with van der Waals surface area (Å²) in [5.41, 5.74) is 6.23. The predicted molar refractivity (Wildman–Crippen MR) is 60.2 cm³/mol. The molecule has 0 spiro atoms. The molecule has 7 heteroatoms. The van der Waals surface area contributed by atoms with Gasteiger partial charge in [0.1, 0.15) is 17.2 Å². The summed E-state index contributed by atoms with van der Waals surface area (Å²) in [6.45, 7) is 1.82. The molecule has 0 saturated heterocycles. The Labute approximate surface area is 95.4 Å². The van der Waals surface area contributed by atoms with Crippen LogP contribution in [0.4, 0.5) is 5.82 Å². The van der Waals surface area contributed by atoms with Crippen molar-refractivity contribution in [2.24, 2.45) is 0 Å². The summed E-state index contributed by atoms with van der Waals surface area (Å²) in [4.78, 5) is 25.6. The number of nitrogens with zero attached hydrogens (tertiary/aromatic N) is 3. The van der Waals surface area contributed by atoms with Gasteiger partial charge in [0, 0.05) is 17.8 Å². The zero-order chi connectivity index (χ0) is 11.5. The van der Waals surface area contributed by atoms with Crippen LogP contribution in [0.2, 0.25) is 0 Å². The molecule has 82 valence electrons. The highest BCUT2D eigenvalue weighted by Gasteiger charge is 2.07. The van der Waals surface area contributed by atoms with Gasteiger partial charge >= 0.3 is 0 Å². The fraction of sp³-hybridized carbons (Fsp3) is 0.111. The fourth-order valence-electron chi connectivity index (χ4n) is 1.05. The van der Waals surface area contributed by atoms with E-state index in [-0.39, 0.29) is 5.56 Å². The van der Waals surface area contributed by atoms with Gasteiger partial charge in [-0.3, -0.25) is 4.79 Å². The Kier molecular flexibility index (Phi) is 2.86. The van der Waals surface area contributed by atoms with Crippen molar-refractivity contribution >= 4 is 17.6 Å². The van der Waals surface area contributed by atoms with Gasteiger partial charge in [-0.25, -0.2) is 15.0 Å². The lowest BCUT2D eigenvalue weighted by Gasteiger charge is -2.04. The number of hydrogen-bond donors (Lipinski definition) is 2. The van der Waals surface area contributed by atoms with E-state index in [1.165, 1.54) is 30.4 Å². The van der Waals surface area contributed by atoms with Crippen molar-refractivity contribution in [1.82, 2.24) is 19.9 Å². The number of anilines is 1. The lowest BCUT2D eigenvalue weighted by atomic mass is 10.4. The van der Waals surface area contributed by atoms with Crippen LogP contribution in [0.5, 0.6) is 0 Å². The van der Waals surface area contributed by atoms with E-state index in [1.807, 2.05) is 6.92 Å². The first kappa shape index (κ1) is 10.6. The molecule has 0 aromatic carbocycles. The molecule has 0 saturated carbocycles. The third-order valence-corrected chi connectivity index (χ3v) is 2.92. The molecule has 0 amide bonds. The number of nitrogens with two attached hydrogens (primary N) is 1. The first-order valence-electron chi connectivity index (χ1n) is 4.47. The standard InChI is InChI=1S/C9H9N5OS/c1-5-7(10)12-4-13-8(5)16-9-11-3-2-6(15)14-9/h2-4H,1H3,(H2,10,12,13)(H,11,14,15). The highest BCUT2D eigenvalue weighted by Crippen LogP contribution is 2.26. The number of nitrogen functional groups attached to an aromatic ring is 1. The smallest absolute Gasteiger partial charge is 0.251 e. The minimum absolute atomic E-state index is 0.197. The first-order valence-corrected chi connectivity index (χ1v) is 5.28. The molecule has 0 bridgehead atoms. The van der Waals surface area contributed by atoms with Gasteiger partial charge in [-0.15, -0.1) is 0 Å². The van der Waals surface area contributed by atoms with Crippen molar-refractivity contribution in [3.8, 4) is 0 Å². The van der Waals surface area contributed by atoms with E-state index in [0.29, 0.717) is 16.0 Å². The third kappa shape index (κ3) is 2.19. The van der Waals surface area contributed by atoms with Crippen LogP contribution >= 0.6 is 11.8 Å². The lowest BCUT2D eigenvalue weighted by molar-refractivity contribution is 0.925. The molecule has 0 radical (unpaired) electrons. The third-order valence-electron chi connectivity index (χ3n) is 1.92. The van der Waals surface area contributed by atoms with Crippen molar-refractivity contribution in [2.75, 3.05) is 5.73 Å². The van der Waals surface area contributed by atoms with E-state index in [9.17, 15) is 4.79 Å². The van der Waals surface area contributed by atoms with Crippen molar-refractivity contribution in [3.05, 3.63) is 34.5 Å². The van der Waals surface area contributed by atoms with Gasteiger partial charge in [0.25, 0.3) is 5.56 Å². The van der Waals surface area contributed by atoms with Crippen LogP contribution in [-0.2, 0) is 0 Å². The second kappa shape index (κ2) is 4.31. The van der Waals surface area contributed by atoms with Gasteiger partial charge in [0.15, 0.2) is 5.16 Å². The molecule has 0 aliphatic heterocycles. The number of aromatic nitrogens is 4. The zero-order valence-electron chi connectivity index (χ0n) is 8.47. The molecule has 0 aliphatic rings. The van der Waals surface area contributed by atoms with Crippen LogP contribution in [-0.4, -0.2) is 19.9 Å². The van der Waals surface area contributed by atoms with Crippen LogP contribution in [0.25, 0.3) is 0 Å². The van der Waals surface area contributed by atoms with Gasteiger partial charge in [-0.1, -0.05) is 0 Å². The summed E-state index contributed by atoms with van der Waals surface area (Å²) >= 11 is 1.24. The monoisotopic (exact) mass is 235 g/mol. The lowest BCUT2D eigenvalue weighted by Crippen LogP contribution is -2.05. The van der Waals surface area contributed by atoms with Gasteiger partial charge in [0.2, 0.25) is 0 Å². The maximum Gasteiger partial charge on any atom is 0.251 e. The molecular formula is C9H9N5OS. The largest absolute Gasteiger partial charge is 0.383 e. The quantitative estimate of drug-likeness (QED) is 0.584. The molecule has 2 aromatic rings. The van der Waals surface area contributed by atoms with Gasteiger partial charge in [-0.05, 0) is 18.7 Å². The summed E-state index contributed by atoms with van der Waals surface area (Å²) in [7, 11) is 0. The number of rotatable bonds is 2. The van der Waals surface area contributed by atoms with Gasteiger partial charge in [0.05, 0.1) is 0 Å². The second-order valence-corrected chi connectivity index (χ2v) is 4.01. The van der Waals surface area contributed by atoms with Crippen molar-refractivity contribution in [3.63, 3.8) is 0 Å². The number of H-pyrrole nitrogens is 1. The summed E-state index contributed by atoms with van der Waals surface area (Å²) in [6, 6.07) is 1.35. The van der Waals surface area contributed by atoms with Crippen molar-refractivity contribution in [2.45, 2.75) is 17.1 Å². The first-order chi connectivity index (χ1) is 7.66. The summed E-state index contributed by atoms with van der Waals surface area (Å²) in [5, 5.41) is 1.16. The Balaban J connectivity index is 2.34. The van der Waals surface area contributed by atoms with E-state index in [4.69, 9.17) is 5.73 Å². The molecule has 3 N–H and O–H groups in total. The molecule has 0 unspecified atom stereocenters. The highest BCUT2D eigenvalue weighted by atomic mass is 32.2. The molecule has 0 aliphatic carbocycles. The van der Waals surface area contributed by atoms with Gasteiger partial charge in [-0.2, -0.15) is 0 Å². The minimum atomic E-state index is -0.197. The Hall–Kier alpha value is -1.89. The number of hydrogen-bond acceptors (Lipinski definition) is 6. The predicted octanol–water partition coefficient (Wildman–Crippen LogP) is 0.602. The van der Waals surface area contributed by atoms with E-state index < -0.39 is 0 Å². The Morgan fingerprint density at radius 3 is 2.94 bits per heavy atom. The Morgan fingerprint density at radius 2 is 2.19 bits per heavy atom.